The maximum Gasteiger partial charge on any atom is 0.241 e. The number of halogens is 1. The monoisotopic (exact) mass is 390 g/mol. The van der Waals surface area contributed by atoms with Crippen LogP contribution in [-0.2, 0) is 21.1 Å². The van der Waals surface area contributed by atoms with Crippen molar-refractivity contribution in [1.29, 1.82) is 0 Å². The summed E-state index contributed by atoms with van der Waals surface area (Å²) in [7, 11) is -1.84. The number of sulfone groups is 1. The van der Waals surface area contributed by atoms with Gasteiger partial charge in [-0.15, -0.1) is 12.4 Å². The number of rotatable bonds is 6. The molecule has 1 fully saturated rings. The van der Waals surface area contributed by atoms with Crippen molar-refractivity contribution in [2.24, 2.45) is 0 Å². The Kier molecular flexibility index (Phi) is 7.71. The second-order valence-electron chi connectivity index (χ2n) is 6.33. The highest BCUT2D eigenvalue weighted by atomic mass is 35.5. The first-order valence-electron chi connectivity index (χ1n) is 8.12. The number of hydrogen-bond acceptors (Lipinski definition) is 5. The molecule has 0 aromatic heterocycles. The largest absolute Gasteiger partial charge is 0.496 e. The third kappa shape index (κ3) is 4.86. The molecule has 0 spiro atoms. The number of aryl methyl sites for hydroxylation is 1. The topological polar surface area (TPSA) is 84.5 Å². The smallest absolute Gasteiger partial charge is 0.241 e. The molecule has 2 N–H and O–H groups in total. The summed E-state index contributed by atoms with van der Waals surface area (Å²) in [6.45, 7) is 3.44. The van der Waals surface area contributed by atoms with Gasteiger partial charge in [0, 0.05) is 12.8 Å². The van der Waals surface area contributed by atoms with Crippen molar-refractivity contribution in [1.82, 2.24) is 10.6 Å². The van der Waals surface area contributed by atoms with Crippen LogP contribution in [0, 0.1) is 6.92 Å². The standard InChI is InChI=1S/C17H26N2O4S.ClH/c1-13-4-5-14(12-15(13)23-2)6-9-19-16(20)17(24(3,21)22)7-10-18-11-8-17;/h4-5,12,18H,6-11H2,1-3H3,(H,19,20);1H. The van der Waals surface area contributed by atoms with Crippen LogP contribution in [0.1, 0.15) is 24.0 Å². The molecule has 1 heterocycles. The zero-order valence-corrected chi connectivity index (χ0v) is 16.6. The Balaban J connectivity index is 0.00000312. The molecular formula is C17H27ClN2O4S. The van der Waals surface area contributed by atoms with Crippen molar-refractivity contribution in [2.75, 3.05) is 33.0 Å². The summed E-state index contributed by atoms with van der Waals surface area (Å²) in [5.74, 6) is 0.426. The Morgan fingerprint density at radius 1 is 1.32 bits per heavy atom. The third-order valence-electron chi connectivity index (χ3n) is 4.71. The minimum absolute atomic E-state index is 0. The Labute approximate surface area is 156 Å². The Morgan fingerprint density at radius 3 is 2.52 bits per heavy atom. The summed E-state index contributed by atoms with van der Waals surface area (Å²) < 4.78 is 28.4. The Bertz CT molecular complexity index is 701. The van der Waals surface area contributed by atoms with Crippen molar-refractivity contribution in [2.45, 2.75) is 30.9 Å². The van der Waals surface area contributed by atoms with Crippen LogP contribution in [0.2, 0.25) is 0 Å². The molecule has 0 unspecified atom stereocenters. The number of carbonyl (C=O) groups excluding carboxylic acids is 1. The van der Waals surface area contributed by atoms with E-state index in [0.29, 0.717) is 38.9 Å². The van der Waals surface area contributed by atoms with Crippen molar-refractivity contribution < 1.29 is 17.9 Å². The lowest BCUT2D eigenvalue weighted by Gasteiger charge is -2.34. The number of hydrogen-bond donors (Lipinski definition) is 2. The van der Waals surface area contributed by atoms with Gasteiger partial charge in [-0.25, -0.2) is 8.42 Å². The summed E-state index contributed by atoms with van der Waals surface area (Å²) in [5.41, 5.74) is 2.09. The lowest BCUT2D eigenvalue weighted by Crippen LogP contribution is -2.57. The highest BCUT2D eigenvalue weighted by Gasteiger charge is 2.48. The van der Waals surface area contributed by atoms with Gasteiger partial charge >= 0.3 is 0 Å². The second-order valence-corrected chi connectivity index (χ2v) is 8.65. The van der Waals surface area contributed by atoms with Gasteiger partial charge < -0.3 is 15.4 Å². The highest BCUT2D eigenvalue weighted by Crippen LogP contribution is 2.28. The molecule has 1 aromatic carbocycles. The van der Waals surface area contributed by atoms with Crippen LogP contribution in [0.4, 0.5) is 0 Å². The maximum absolute atomic E-state index is 12.6. The van der Waals surface area contributed by atoms with E-state index in [-0.39, 0.29) is 18.3 Å². The number of piperidine rings is 1. The molecule has 0 radical (unpaired) electrons. The summed E-state index contributed by atoms with van der Waals surface area (Å²) in [6, 6.07) is 5.90. The van der Waals surface area contributed by atoms with E-state index in [9.17, 15) is 13.2 Å². The van der Waals surface area contributed by atoms with E-state index in [0.717, 1.165) is 23.1 Å². The summed E-state index contributed by atoms with van der Waals surface area (Å²) in [4.78, 5) is 12.6. The van der Waals surface area contributed by atoms with Crippen molar-refractivity contribution in [3.8, 4) is 5.75 Å². The van der Waals surface area contributed by atoms with Gasteiger partial charge in [0.15, 0.2) is 14.6 Å². The summed E-state index contributed by atoms with van der Waals surface area (Å²) >= 11 is 0. The van der Waals surface area contributed by atoms with E-state index in [1.165, 1.54) is 0 Å². The van der Waals surface area contributed by atoms with Gasteiger partial charge in [0.05, 0.1) is 7.11 Å². The van der Waals surface area contributed by atoms with Gasteiger partial charge in [0.25, 0.3) is 0 Å². The molecule has 25 heavy (non-hydrogen) atoms. The van der Waals surface area contributed by atoms with Gasteiger partial charge in [0.1, 0.15) is 5.75 Å². The van der Waals surface area contributed by atoms with Crippen LogP contribution in [0.3, 0.4) is 0 Å². The number of nitrogens with one attached hydrogen (secondary N) is 2. The molecule has 1 amide bonds. The first-order chi connectivity index (χ1) is 11.3. The predicted octanol–water partition coefficient (Wildman–Crippen LogP) is 1.25. The Morgan fingerprint density at radius 2 is 1.96 bits per heavy atom. The fourth-order valence-electron chi connectivity index (χ4n) is 3.10. The number of carbonyl (C=O) groups is 1. The van der Waals surface area contributed by atoms with Crippen LogP contribution in [-0.4, -0.2) is 52.1 Å². The zero-order valence-electron chi connectivity index (χ0n) is 14.9. The minimum atomic E-state index is -3.47. The van der Waals surface area contributed by atoms with Gasteiger partial charge in [0.2, 0.25) is 5.91 Å². The number of ether oxygens (including phenoxy) is 1. The van der Waals surface area contributed by atoms with Gasteiger partial charge in [-0.05, 0) is 56.5 Å². The van der Waals surface area contributed by atoms with Crippen molar-refractivity contribution in [3.63, 3.8) is 0 Å². The summed E-state index contributed by atoms with van der Waals surface area (Å²) in [6.07, 6.45) is 2.41. The van der Waals surface area contributed by atoms with Crippen molar-refractivity contribution >= 4 is 28.2 Å². The quantitative estimate of drug-likeness (QED) is 0.763. The molecule has 0 aliphatic carbocycles. The fourth-order valence-corrected chi connectivity index (χ4v) is 4.45. The fraction of sp³-hybridized carbons (Fsp3) is 0.588. The molecular weight excluding hydrogens is 364 g/mol. The van der Waals surface area contributed by atoms with Crippen molar-refractivity contribution in [3.05, 3.63) is 29.3 Å². The lowest BCUT2D eigenvalue weighted by molar-refractivity contribution is -0.124. The average Bonchev–Trinajstić information content (AvgIpc) is 2.55. The SMILES string of the molecule is COc1cc(CCNC(=O)C2(S(C)(=O)=O)CCNCC2)ccc1C.Cl. The second kappa shape index (κ2) is 8.87. The number of amides is 1. The normalized spacial score (nSPS) is 16.6. The van der Waals surface area contributed by atoms with E-state index in [2.05, 4.69) is 10.6 Å². The van der Waals surface area contributed by atoms with E-state index in [4.69, 9.17) is 4.74 Å². The molecule has 1 aliphatic heterocycles. The molecule has 142 valence electrons. The van der Waals surface area contributed by atoms with E-state index >= 15 is 0 Å². The maximum atomic E-state index is 12.6. The molecule has 2 rings (SSSR count). The predicted molar refractivity (Wildman–Crippen MR) is 101 cm³/mol. The number of benzene rings is 1. The molecule has 1 aromatic rings. The zero-order chi connectivity index (χ0) is 17.8. The van der Waals surface area contributed by atoms with Gasteiger partial charge in [-0.2, -0.15) is 0 Å². The van der Waals surface area contributed by atoms with Gasteiger partial charge in [-0.3, -0.25) is 4.79 Å². The lowest BCUT2D eigenvalue weighted by atomic mass is 9.95. The van der Waals surface area contributed by atoms with Crippen LogP contribution in [0.5, 0.6) is 5.75 Å². The van der Waals surface area contributed by atoms with Crippen LogP contribution in [0.25, 0.3) is 0 Å². The van der Waals surface area contributed by atoms with Crippen LogP contribution in [0.15, 0.2) is 18.2 Å². The average molecular weight is 391 g/mol. The molecule has 0 bridgehead atoms. The molecule has 6 nitrogen and oxygen atoms in total. The first-order valence-corrected chi connectivity index (χ1v) is 10.0. The molecule has 0 atom stereocenters. The van der Waals surface area contributed by atoms with E-state index in [1.54, 1.807) is 7.11 Å². The summed E-state index contributed by atoms with van der Waals surface area (Å²) in [5, 5.41) is 5.92. The van der Waals surface area contributed by atoms with Gasteiger partial charge in [-0.1, -0.05) is 12.1 Å². The molecule has 8 heteroatoms. The van der Waals surface area contributed by atoms with E-state index in [1.807, 2.05) is 25.1 Å². The number of methoxy groups -OCH3 is 1. The first kappa shape index (κ1) is 21.7. The van der Waals surface area contributed by atoms with Crippen LogP contribution >= 0.6 is 12.4 Å². The molecule has 1 saturated heterocycles. The molecule has 1 aliphatic rings. The minimum Gasteiger partial charge on any atom is -0.496 e. The third-order valence-corrected chi connectivity index (χ3v) is 6.72. The Hall–Kier alpha value is -1.31. The van der Waals surface area contributed by atoms with E-state index < -0.39 is 14.6 Å². The highest BCUT2D eigenvalue weighted by molar-refractivity contribution is 7.92. The molecule has 0 saturated carbocycles. The van der Waals surface area contributed by atoms with Crippen LogP contribution < -0.4 is 15.4 Å².